The van der Waals surface area contributed by atoms with Crippen LogP contribution in [-0.2, 0) is 0 Å². The van der Waals surface area contributed by atoms with Crippen LogP contribution < -0.4 is 24.8 Å². The molecule has 0 aliphatic rings. The highest BCUT2D eigenvalue weighted by Gasteiger charge is 2.14. The number of rotatable bonds is 7. The minimum Gasteiger partial charge on any atom is -0.493 e. The van der Waals surface area contributed by atoms with Crippen molar-refractivity contribution in [1.82, 2.24) is 9.97 Å². The van der Waals surface area contributed by atoms with Crippen molar-refractivity contribution in [3.63, 3.8) is 0 Å². The van der Waals surface area contributed by atoms with Crippen molar-refractivity contribution in [1.29, 1.82) is 0 Å². The minimum absolute atomic E-state index is 0.233. The minimum atomic E-state index is -0.328. The summed E-state index contributed by atoms with van der Waals surface area (Å²) in [6.07, 6.45) is 1.32. The molecule has 0 bridgehead atoms. The van der Waals surface area contributed by atoms with Gasteiger partial charge in [0.1, 0.15) is 17.8 Å². The second-order valence-electron chi connectivity index (χ2n) is 6.15. The lowest BCUT2D eigenvalue weighted by Crippen LogP contribution is -2.14. The van der Waals surface area contributed by atoms with E-state index in [2.05, 4.69) is 20.6 Å². The molecule has 1 amide bonds. The normalized spacial score (nSPS) is 10.2. The van der Waals surface area contributed by atoms with Gasteiger partial charge in [0, 0.05) is 29.6 Å². The van der Waals surface area contributed by atoms with Gasteiger partial charge in [-0.2, -0.15) is 0 Å². The summed E-state index contributed by atoms with van der Waals surface area (Å²) in [5.41, 5.74) is 2.64. The summed E-state index contributed by atoms with van der Waals surface area (Å²) >= 11 is 0. The Kier molecular flexibility index (Phi) is 6.13. The van der Waals surface area contributed by atoms with Gasteiger partial charge in [0.15, 0.2) is 11.5 Å². The lowest BCUT2D eigenvalue weighted by atomic mass is 10.2. The summed E-state index contributed by atoms with van der Waals surface area (Å²) in [7, 11) is 4.62. The highest BCUT2D eigenvalue weighted by Crippen LogP contribution is 2.40. The second-order valence-corrected chi connectivity index (χ2v) is 6.15. The van der Waals surface area contributed by atoms with Crippen LogP contribution in [0.3, 0.4) is 0 Å². The van der Waals surface area contributed by atoms with E-state index in [4.69, 9.17) is 14.2 Å². The maximum absolute atomic E-state index is 12.5. The number of hydrogen-bond donors (Lipinski definition) is 2. The topological polar surface area (TPSA) is 94.6 Å². The third-order valence-corrected chi connectivity index (χ3v) is 4.11. The number of nitrogens with zero attached hydrogens (tertiary/aromatic N) is 2. The molecular weight excluding hydrogens is 372 g/mol. The molecule has 0 saturated heterocycles. The van der Waals surface area contributed by atoms with Crippen LogP contribution in [0, 0.1) is 6.92 Å². The number of anilines is 3. The Balaban J connectivity index is 1.82. The van der Waals surface area contributed by atoms with Gasteiger partial charge in [-0.25, -0.2) is 9.97 Å². The van der Waals surface area contributed by atoms with Crippen LogP contribution in [0.5, 0.6) is 17.2 Å². The molecule has 29 heavy (non-hydrogen) atoms. The lowest BCUT2D eigenvalue weighted by Gasteiger charge is -2.15. The predicted molar refractivity (Wildman–Crippen MR) is 111 cm³/mol. The van der Waals surface area contributed by atoms with Crippen LogP contribution in [0.2, 0.25) is 0 Å². The number of nitrogens with one attached hydrogen (secondary N) is 2. The monoisotopic (exact) mass is 394 g/mol. The summed E-state index contributed by atoms with van der Waals surface area (Å²) in [6.45, 7) is 1.96. The van der Waals surface area contributed by atoms with Gasteiger partial charge < -0.3 is 24.8 Å². The molecule has 8 heteroatoms. The standard InChI is InChI=1S/C21H22N4O4/c1-13-6-5-7-14(8-13)25-21(26)16-11-19(23-12-22-16)24-15-9-17(27-2)20(29-4)18(10-15)28-3/h5-12H,1-4H3,(H,25,26)(H,22,23,24). The molecule has 0 atom stereocenters. The van der Waals surface area contributed by atoms with E-state index < -0.39 is 0 Å². The molecule has 0 aliphatic carbocycles. The Bertz CT molecular complexity index is 998. The molecule has 0 spiro atoms. The molecule has 3 rings (SSSR count). The first-order chi connectivity index (χ1) is 14.0. The van der Waals surface area contributed by atoms with Crippen molar-refractivity contribution in [3.05, 3.63) is 60.0 Å². The van der Waals surface area contributed by atoms with Crippen LogP contribution >= 0.6 is 0 Å². The number of carbonyl (C=O) groups is 1. The van der Waals surface area contributed by atoms with E-state index in [1.807, 2.05) is 31.2 Å². The molecule has 2 N–H and O–H groups in total. The SMILES string of the molecule is COc1cc(Nc2cc(C(=O)Nc3cccc(C)c3)ncn2)cc(OC)c1OC. The molecule has 3 aromatic rings. The van der Waals surface area contributed by atoms with Crippen molar-refractivity contribution >= 4 is 23.1 Å². The zero-order chi connectivity index (χ0) is 20.8. The Morgan fingerprint density at radius 1 is 0.897 bits per heavy atom. The van der Waals surface area contributed by atoms with Gasteiger partial charge in [-0.1, -0.05) is 12.1 Å². The molecule has 0 fully saturated rings. The van der Waals surface area contributed by atoms with Crippen LogP contribution in [-0.4, -0.2) is 37.2 Å². The summed E-state index contributed by atoms with van der Waals surface area (Å²) in [5.74, 6) is 1.61. The van der Waals surface area contributed by atoms with Gasteiger partial charge in [-0.15, -0.1) is 0 Å². The number of methoxy groups -OCH3 is 3. The van der Waals surface area contributed by atoms with Crippen molar-refractivity contribution in [2.75, 3.05) is 32.0 Å². The summed E-state index contributed by atoms with van der Waals surface area (Å²) in [6, 6.07) is 12.6. The quantitative estimate of drug-likeness (QED) is 0.629. The van der Waals surface area contributed by atoms with Crippen LogP contribution in [0.15, 0.2) is 48.8 Å². The van der Waals surface area contributed by atoms with Gasteiger partial charge in [0.05, 0.1) is 21.3 Å². The van der Waals surface area contributed by atoms with E-state index in [0.29, 0.717) is 34.4 Å². The third-order valence-electron chi connectivity index (χ3n) is 4.11. The maximum Gasteiger partial charge on any atom is 0.274 e. The first-order valence-corrected chi connectivity index (χ1v) is 8.81. The van der Waals surface area contributed by atoms with E-state index in [-0.39, 0.29) is 11.6 Å². The molecule has 1 aromatic heterocycles. The van der Waals surface area contributed by atoms with Crippen LogP contribution in [0.4, 0.5) is 17.2 Å². The fourth-order valence-corrected chi connectivity index (χ4v) is 2.77. The molecule has 8 nitrogen and oxygen atoms in total. The summed E-state index contributed by atoms with van der Waals surface area (Å²) < 4.78 is 16.0. The first kappa shape index (κ1) is 19.9. The zero-order valence-electron chi connectivity index (χ0n) is 16.6. The van der Waals surface area contributed by atoms with E-state index in [9.17, 15) is 4.79 Å². The molecular formula is C21H22N4O4. The van der Waals surface area contributed by atoms with Gasteiger partial charge in [-0.05, 0) is 24.6 Å². The van der Waals surface area contributed by atoms with Crippen LogP contribution in [0.1, 0.15) is 16.1 Å². The zero-order valence-corrected chi connectivity index (χ0v) is 16.6. The van der Waals surface area contributed by atoms with Gasteiger partial charge >= 0.3 is 0 Å². The van der Waals surface area contributed by atoms with Gasteiger partial charge in [-0.3, -0.25) is 4.79 Å². The fraction of sp³-hybridized carbons (Fsp3) is 0.190. The smallest absolute Gasteiger partial charge is 0.274 e. The van der Waals surface area contributed by atoms with Gasteiger partial charge in [0.25, 0.3) is 5.91 Å². The van der Waals surface area contributed by atoms with E-state index in [1.165, 1.54) is 13.4 Å². The lowest BCUT2D eigenvalue weighted by molar-refractivity contribution is 0.102. The largest absolute Gasteiger partial charge is 0.493 e. The Hall–Kier alpha value is -3.81. The summed E-state index contributed by atoms with van der Waals surface area (Å²) in [5, 5.41) is 5.95. The Labute approximate surface area is 168 Å². The molecule has 1 heterocycles. The summed E-state index contributed by atoms with van der Waals surface area (Å²) in [4.78, 5) is 20.8. The van der Waals surface area contributed by atoms with Gasteiger partial charge in [0.2, 0.25) is 5.75 Å². The van der Waals surface area contributed by atoms with E-state index in [0.717, 1.165) is 5.56 Å². The number of ether oxygens (including phenoxy) is 3. The van der Waals surface area contributed by atoms with Crippen molar-refractivity contribution in [3.8, 4) is 17.2 Å². The highest BCUT2D eigenvalue weighted by atomic mass is 16.5. The molecule has 0 unspecified atom stereocenters. The Morgan fingerprint density at radius 3 is 2.24 bits per heavy atom. The number of benzene rings is 2. The molecule has 0 radical (unpaired) electrons. The molecule has 0 saturated carbocycles. The number of hydrogen-bond acceptors (Lipinski definition) is 7. The fourth-order valence-electron chi connectivity index (χ4n) is 2.77. The van der Waals surface area contributed by atoms with Crippen molar-refractivity contribution in [2.24, 2.45) is 0 Å². The number of carbonyl (C=O) groups excluding carboxylic acids is 1. The van der Waals surface area contributed by atoms with Crippen LogP contribution in [0.25, 0.3) is 0 Å². The first-order valence-electron chi connectivity index (χ1n) is 8.81. The number of aromatic nitrogens is 2. The molecule has 2 aromatic carbocycles. The third kappa shape index (κ3) is 4.73. The average molecular weight is 394 g/mol. The predicted octanol–water partition coefficient (Wildman–Crippen LogP) is 3.81. The average Bonchev–Trinajstić information content (AvgIpc) is 2.73. The second kappa shape index (κ2) is 8.92. The Morgan fingerprint density at radius 2 is 1.62 bits per heavy atom. The molecule has 0 aliphatic heterocycles. The van der Waals surface area contributed by atoms with E-state index in [1.54, 1.807) is 32.4 Å². The molecule has 150 valence electrons. The maximum atomic E-state index is 12.5. The highest BCUT2D eigenvalue weighted by molar-refractivity contribution is 6.03. The van der Waals surface area contributed by atoms with Crippen molar-refractivity contribution < 1.29 is 19.0 Å². The number of amides is 1. The van der Waals surface area contributed by atoms with E-state index >= 15 is 0 Å². The number of aryl methyl sites for hydroxylation is 1. The van der Waals surface area contributed by atoms with Crippen molar-refractivity contribution in [2.45, 2.75) is 6.92 Å².